The first kappa shape index (κ1) is 12.4. The quantitative estimate of drug-likeness (QED) is 0.692. The maximum absolute atomic E-state index is 11.3. The Morgan fingerprint density at radius 2 is 2.20 bits per heavy atom. The molecule has 1 saturated carbocycles. The number of carbonyl (C=O) groups is 2. The molecule has 5 heteroatoms. The number of carboxylic acids is 1. The van der Waals surface area contributed by atoms with E-state index in [0.29, 0.717) is 18.2 Å². The molecule has 2 N–H and O–H groups in total. The van der Waals surface area contributed by atoms with Crippen LogP contribution in [0.5, 0.6) is 0 Å². The zero-order chi connectivity index (χ0) is 11.3. The Bertz CT molecular complexity index is 241. The Balaban J connectivity index is 1.99. The predicted octanol–water partition coefficient (Wildman–Crippen LogP) is 1.25. The van der Waals surface area contributed by atoms with Gasteiger partial charge in [-0.2, -0.15) is 11.8 Å². The number of amides is 1. The summed E-state index contributed by atoms with van der Waals surface area (Å²) in [5, 5.41) is 11.5. The van der Waals surface area contributed by atoms with E-state index in [-0.39, 0.29) is 17.6 Å². The van der Waals surface area contributed by atoms with Gasteiger partial charge in [0.05, 0.1) is 6.42 Å². The van der Waals surface area contributed by atoms with Gasteiger partial charge in [0.1, 0.15) is 0 Å². The fourth-order valence-corrected chi connectivity index (χ4v) is 2.15. The molecule has 4 nitrogen and oxygen atoms in total. The van der Waals surface area contributed by atoms with Crippen molar-refractivity contribution in [1.82, 2.24) is 5.32 Å². The SMILES string of the molecule is CC(CC(=O)O)SCCC(=O)NC1CC1. The Labute approximate surface area is 93.8 Å². The highest BCUT2D eigenvalue weighted by molar-refractivity contribution is 7.99. The van der Waals surface area contributed by atoms with Gasteiger partial charge >= 0.3 is 5.97 Å². The summed E-state index contributed by atoms with van der Waals surface area (Å²) >= 11 is 1.54. The van der Waals surface area contributed by atoms with Crippen molar-refractivity contribution in [3.05, 3.63) is 0 Å². The summed E-state index contributed by atoms with van der Waals surface area (Å²) in [5.74, 6) is 0.0115. The van der Waals surface area contributed by atoms with Crippen molar-refractivity contribution in [3.8, 4) is 0 Å². The van der Waals surface area contributed by atoms with E-state index in [4.69, 9.17) is 5.11 Å². The second-order valence-electron chi connectivity index (χ2n) is 3.87. The number of carbonyl (C=O) groups excluding carboxylic acids is 1. The minimum atomic E-state index is -0.780. The van der Waals surface area contributed by atoms with Gasteiger partial charge in [-0.3, -0.25) is 9.59 Å². The van der Waals surface area contributed by atoms with Gasteiger partial charge < -0.3 is 10.4 Å². The fraction of sp³-hybridized carbons (Fsp3) is 0.800. The van der Waals surface area contributed by atoms with Crippen LogP contribution in [0.25, 0.3) is 0 Å². The van der Waals surface area contributed by atoms with Crippen molar-refractivity contribution in [3.63, 3.8) is 0 Å². The third kappa shape index (κ3) is 6.38. The van der Waals surface area contributed by atoms with Crippen molar-refractivity contribution >= 4 is 23.6 Å². The molecule has 1 rings (SSSR count). The van der Waals surface area contributed by atoms with Crippen LogP contribution in [0.4, 0.5) is 0 Å². The van der Waals surface area contributed by atoms with Gasteiger partial charge in [0.25, 0.3) is 0 Å². The molecule has 1 aliphatic rings. The molecule has 0 heterocycles. The van der Waals surface area contributed by atoms with Gasteiger partial charge in [0.2, 0.25) is 5.91 Å². The Kier molecular flexibility index (Phi) is 4.94. The van der Waals surface area contributed by atoms with E-state index in [9.17, 15) is 9.59 Å². The van der Waals surface area contributed by atoms with Gasteiger partial charge in [-0.05, 0) is 12.8 Å². The Morgan fingerprint density at radius 1 is 1.53 bits per heavy atom. The highest BCUT2D eigenvalue weighted by Crippen LogP contribution is 2.19. The summed E-state index contributed by atoms with van der Waals surface area (Å²) in [6.45, 7) is 1.87. The summed E-state index contributed by atoms with van der Waals surface area (Å²) in [5.41, 5.74) is 0. The molecule has 0 aliphatic heterocycles. The van der Waals surface area contributed by atoms with E-state index in [2.05, 4.69) is 5.32 Å². The lowest BCUT2D eigenvalue weighted by molar-refractivity contribution is -0.136. The summed E-state index contributed by atoms with van der Waals surface area (Å²) in [6, 6.07) is 0.416. The van der Waals surface area contributed by atoms with Crippen LogP contribution in [-0.2, 0) is 9.59 Å². The number of thioether (sulfide) groups is 1. The van der Waals surface area contributed by atoms with Crippen molar-refractivity contribution in [2.75, 3.05) is 5.75 Å². The molecule has 1 fully saturated rings. The van der Waals surface area contributed by atoms with Crippen molar-refractivity contribution in [1.29, 1.82) is 0 Å². The van der Waals surface area contributed by atoms with Gasteiger partial charge in [0.15, 0.2) is 0 Å². The molecule has 0 saturated heterocycles. The number of aliphatic carboxylic acids is 1. The van der Waals surface area contributed by atoms with E-state index < -0.39 is 5.97 Å². The normalized spacial score (nSPS) is 17.1. The molecule has 86 valence electrons. The Hall–Kier alpha value is -0.710. The molecular formula is C10H17NO3S. The summed E-state index contributed by atoms with van der Waals surface area (Å²) in [4.78, 5) is 21.6. The van der Waals surface area contributed by atoms with Crippen LogP contribution in [0.1, 0.15) is 32.6 Å². The first-order valence-electron chi connectivity index (χ1n) is 5.20. The van der Waals surface area contributed by atoms with Crippen molar-refractivity contribution in [2.45, 2.75) is 43.9 Å². The number of nitrogens with one attached hydrogen (secondary N) is 1. The van der Waals surface area contributed by atoms with Crippen LogP contribution >= 0.6 is 11.8 Å². The molecule has 1 atom stereocenters. The van der Waals surface area contributed by atoms with E-state index >= 15 is 0 Å². The van der Waals surface area contributed by atoms with Gasteiger partial charge in [0, 0.05) is 23.5 Å². The standard InChI is InChI=1S/C10H17NO3S/c1-7(6-10(13)14)15-5-4-9(12)11-8-2-3-8/h7-8H,2-6H2,1H3,(H,11,12)(H,13,14). The average Bonchev–Trinajstić information content (AvgIpc) is 2.86. The van der Waals surface area contributed by atoms with Crippen molar-refractivity contribution < 1.29 is 14.7 Å². The molecular weight excluding hydrogens is 214 g/mol. The molecule has 0 aromatic heterocycles. The highest BCUT2D eigenvalue weighted by atomic mass is 32.2. The van der Waals surface area contributed by atoms with E-state index in [1.807, 2.05) is 6.92 Å². The lowest BCUT2D eigenvalue weighted by Crippen LogP contribution is -2.25. The lowest BCUT2D eigenvalue weighted by Gasteiger charge is -2.08. The van der Waals surface area contributed by atoms with Crippen LogP contribution in [-0.4, -0.2) is 34.0 Å². The molecule has 0 aromatic rings. The third-order valence-corrected chi connectivity index (χ3v) is 3.31. The van der Waals surface area contributed by atoms with Crippen LogP contribution in [0.2, 0.25) is 0 Å². The van der Waals surface area contributed by atoms with Crippen LogP contribution in [0.3, 0.4) is 0 Å². The lowest BCUT2D eigenvalue weighted by atomic mass is 10.3. The number of hydrogen-bond donors (Lipinski definition) is 2. The minimum Gasteiger partial charge on any atom is -0.481 e. The van der Waals surface area contributed by atoms with Crippen molar-refractivity contribution in [2.24, 2.45) is 0 Å². The third-order valence-electron chi connectivity index (χ3n) is 2.14. The largest absolute Gasteiger partial charge is 0.481 e. The number of carboxylic acid groups (broad SMARTS) is 1. The molecule has 1 aliphatic carbocycles. The molecule has 0 bridgehead atoms. The minimum absolute atomic E-state index is 0.0798. The summed E-state index contributed by atoms with van der Waals surface area (Å²) < 4.78 is 0. The van der Waals surface area contributed by atoms with Gasteiger partial charge in [-0.15, -0.1) is 0 Å². The zero-order valence-electron chi connectivity index (χ0n) is 8.86. The van der Waals surface area contributed by atoms with Gasteiger partial charge in [-0.1, -0.05) is 6.92 Å². The van der Waals surface area contributed by atoms with Crippen LogP contribution < -0.4 is 5.32 Å². The summed E-state index contributed by atoms with van der Waals surface area (Å²) in [7, 11) is 0. The first-order chi connectivity index (χ1) is 7.08. The van der Waals surface area contributed by atoms with Gasteiger partial charge in [-0.25, -0.2) is 0 Å². The van der Waals surface area contributed by atoms with Crippen LogP contribution in [0, 0.1) is 0 Å². The molecule has 1 unspecified atom stereocenters. The Morgan fingerprint density at radius 3 is 2.73 bits per heavy atom. The molecule has 0 radical (unpaired) electrons. The van der Waals surface area contributed by atoms with E-state index in [0.717, 1.165) is 12.8 Å². The molecule has 15 heavy (non-hydrogen) atoms. The maximum Gasteiger partial charge on any atom is 0.304 e. The van der Waals surface area contributed by atoms with E-state index in [1.165, 1.54) is 11.8 Å². The monoisotopic (exact) mass is 231 g/mol. The smallest absolute Gasteiger partial charge is 0.304 e. The zero-order valence-corrected chi connectivity index (χ0v) is 9.68. The fourth-order valence-electron chi connectivity index (χ4n) is 1.19. The highest BCUT2D eigenvalue weighted by Gasteiger charge is 2.22. The van der Waals surface area contributed by atoms with E-state index in [1.54, 1.807) is 0 Å². The second kappa shape index (κ2) is 6.00. The molecule has 0 spiro atoms. The first-order valence-corrected chi connectivity index (χ1v) is 6.25. The number of rotatable bonds is 7. The predicted molar refractivity (Wildman–Crippen MR) is 60.0 cm³/mol. The molecule has 1 amide bonds. The topological polar surface area (TPSA) is 66.4 Å². The maximum atomic E-state index is 11.3. The second-order valence-corrected chi connectivity index (χ2v) is 5.42. The summed E-state index contributed by atoms with van der Waals surface area (Å²) in [6.07, 6.45) is 2.86. The van der Waals surface area contributed by atoms with Crippen LogP contribution in [0.15, 0.2) is 0 Å². The average molecular weight is 231 g/mol. The molecule has 0 aromatic carbocycles. The number of hydrogen-bond acceptors (Lipinski definition) is 3.